The molecule has 8 heteroatoms. The molecule has 0 unspecified atom stereocenters. The first-order valence-electron chi connectivity index (χ1n) is 6.29. The van der Waals surface area contributed by atoms with Gasteiger partial charge >= 0.3 is 5.97 Å². The average Bonchev–Trinajstić information content (AvgIpc) is 2.38. The summed E-state index contributed by atoms with van der Waals surface area (Å²) in [5, 5.41) is 11.1. The molecule has 1 heterocycles. The number of nitrogens with zero attached hydrogens (tertiary/aromatic N) is 1. The number of hydrogen-bond donors (Lipinski definition) is 2. The minimum absolute atomic E-state index is 0.0555. The van der Waals surface area contributed by atoms with E-state index in [4.69, 9.17) is 5.11 Å². The fourth-order valence-electron chi connectivity index (χ4n) is 1.97. The number of carboxylic acid groups (broad SMARTS) is 1. The number of nitrogens with one attached hydrogen (secondary N) is 1. The number of hydrogen-bond acceptors (Lipinski definition) is 4. The molecule has 0 bridgehead atoms. The van der Waals surface area contributed by atoms with Gasteiger partial charge in [0.15, 0.2) is 0 Å². The summed E-state index contributed by atoms with van der Waals surface area (Å²) in [6.07, 6.45) is 0.856. The summed E-state index contributed by atoms with van der Waals surface area (Å²) in [6, 6.07) is -0.926. The lowest BCUT2D eigenvalue weighted by molar-refractivity contribution is -0.142. The normalized spacial score (nSPS) is 19.9. The quantitative estimate of drug-likeness (QED) is 0.720. The van der Waals surface area contributed by atoms with E-state index < -0.39 is 22.0 Å². The number of piperidine rings is 1. The fourth-order valence-corrected chi connectivity index (χ4v) is 3.10. The molecule has 1 saturated heterocycles. The molecule has 1 aliphatic heterocycles. The van der Waals surface area contributed by atoms with Crippen LogP contribution in [0.4, 0.5) is 0 Å². The Morgan fingerprint density at radius 2 is 1.89 bits per heavy atom. The zero-order chi connectivity index (χ0) is 14.6. The van der Waals surface area contributed by atoms with E-state index in [0.29, 0.717) is 25.9 Å². The minimum Gasteiger partial charge on any atom is -0.480 e. The van der Waals surface area contributed by atoms with Gasteiger partial charge < -0.3 is 10.4 Å². The second-order valence-electron chi connectivity index (χ2n) is 4.64. The van der Waals surface area contributed by atoms with Gasteiger partial charge in [0, 0.05) is 19.0 Å². The molecule has 7 nitrogen and oxygen atoms in total. The van der Waals surface area contributed by atoms with Crippen molar-refractivity contribution < 1.29 is 23.1 Å². The largest absolute Gasteiger partial charge is 0.480 e. The Morgan fingerprint density at radius 3 is 2.32 bits per heavy atom. The molecular formula is C11H20N2O5S. The van der Waals surface area contributed by atoms with E-state index in [1.165, 1.54) is 11.2 Å². The summed E-state index contributed by atoms with van der Waals surface area (Å²) in [4.78, 5) is 22.4. The lowest BCUT2D eigenvalue weighted by atomic mass is 9.97. The van der Waals surface area contributed by atoms with E-state index in [0.717, 1.165) is 0 Å². The van der Waals surface area contributed by atoms with E-state index in [1.54, 1.807) is 6.92 Å². The predicted octanol–water partition coefficient (Wildman–Crippen LogP) is -0.363. The van der Waals surface area contributed by atoms with Gasteiger partial charge in [-0.3, -0.25) is 9.59 Å². The van der Waals surface area contributed by atoms with E-state index in [-0.39, 0.29) is 17.6 Å². The summed E-state index contributed by atoms with van der Waals surface area (Å²) in [7, 11) is -3.20. The topological polar surface area (TPSA) is 104 Å². The summed E-state index contributed by atoms with van der Waals surface area (Å²) in [5.74, 6) is -1.66. The highest BCUT2D eigenvalue weighted by Gasteiger charge is 2.31. The Balaban J connectivity index is 2.50. The van der Waals surface area contributed by atoms with Crippen molar-refractivity contribution >= 4 is 21.9 Å². The molecule has 0 aliphatic carbocycles. The van der Waals surface area contributed by atoms with Crippen molar-refractivity contribution in [1.29, 1.82) is 0 Å². The van der Waals surface area contributed by atoms with Gasteiger partial charge in [-0.2, -0.15) is 0 Å². The van der Waals surface area contributed by atoms with Crippen LogP contribution < -0.4 is 5.32 Å². The van der Waals surface area contributed by atoms with Gasteiger partial charge in [-0.1, -0.05) is 0 Å². The van der Waals surface area contributed by atoms with Crippen LogP contribution >= 0.6 is 0 Å². The molecule has 0 spiro atoms. The van der Waals surface area contributed by atoms with Crippen LogP contribution in [0.1, 0.15) is 26.7 Å². The number of carboxylic acids is 1. The molecule has 2 N–H and O–H groups in total. The van der Waals surface area contributed by atoms with Crippen LogP contribution in [0.25, 0.3) is 0 Å². The number of rotatable bonds is 5. The van der Waals surface area contributed by atoms with Crippen LogP contribution in [-0.2, 0) is 19.6 Å². The Labute approximate surface area is 113 Å². The van der Waals surface area contributed by atoms with Crippen molar-refractivity contribution in [3.05, 3.63) is 0 Å². The number of carbonyl (C=O) groups excluding carboxylic acids is 1. The van der Waals surface area contributed by atoms with Gasteiger partial charge in [0.1, 0.15) is 6.04 Å². The summed E-state index contributed by atoms with van der Waals surface area (Å²) >= 11 is 0. The van der Waals surface area contributed by atoms with E-state index in [1.807, 2.05) is 0 Å². The fraction of sp³-hybridized carbons (Fsp3) is 0.818. The van der Waals surface area contributed by atoms with Crippen molar-refractivity contribution in [3.8, 4) is 0 Å². The van der Waals surface area contributed by atoms with Gasteiger partial charge in [-0.25, -0.2) is 12.7 Å². The first kappa shape index (κ1) is 15.9. The van der Waals surface area contributed by atoms with Gasteiger partial charge in [0.2, 0.25) is 15.9 Å². The molecule has 19 heavy (non-hydrogen) atoms. The molecule has 0 saturated carbocycles. The minimum atomic E-state index is -3.20. The summed E-state index contributed by atoms with van der Waals surface area (Å²) < 4.78 is 24.7. The van der Waals surface area contributed by atoms with Crippen molar-refractivity contribution in [3.63, 3.8) is 0 Å². The van der Waals surface area contributed by atoms with Crippen LogP contribution in [0.5, 0.6) is 0 Å². The molecule has 0 aromatic carbocycles. The van der Waals surface area contributed by atoms with Gasteiger partial charge in [0.25, 0.3) is 0 Å². The number of sulfonamides is 1. The Morgan fingerprint density at radius 1 is 1.37 bits per heavy atom. The van der Waals surface area contributed by atoms with Gasteiger partial charge in [0.05, 0.1) is 5.75 Å². The van der Waals surface area contributed by atoms with Crippen LogP contribution in [0.3, 0.4) is 0 Å². The van der Waals surface area contributed by atoms with Crippen LogP contribution in [0.15, 0.2) is 0 Å². The number of amides is 1. The molecular weight excluding hydrogens is 272 g/mol. The molecule has 1 fully saturated rings. The molecule has 1 aliphatic rings. The third-order valence-electron chi connectivity index (χ3n) is 3.31. The standard InChI is InChI=1S/C11H20N2O5S/c1-3-19(17,18)13-6-4-9(5-7-13)10(14)12-8(2)11(15)16/h8-9H,3-7H2,1-2H3,(H,12,14)(H,15,16)/t8-/m1/s1. The molecule has 0 aromatic heterocycles. The van der Waals surface area contributed by atoms with Gasteiger partial charge in [-0.05, 0) is 26.7 Å². The first-order valence-corrected chi connectivity index (χ1v) is 7.90. The zero-order valence-corrected chi connectivity index (χ0v) is 11.9. The molecule has 1 amide bonds. The second kappa shape index (κ2) is 6.33. The Hall–Kier alpha value is -1.15. The monoisotopic (exact) mass is 292 g/mol. The lowest BCUT2D eigenvalue weighted by Gasteiger charge is -2.30. The maximum Gasteiger partial charge on any atom is 0.325 e. The summed E-state index contributed by atoms with van der Waals surface area (Å²) in [5.41, 5.74) is 0. The molecule has 0 aromatic rings. The molecule has 1 rings (SSSR count). The highest BCUT2D eigenvalue weighted by molar-refractivity contribution is 7.89. The zero-order valence-electron chi connectivity index (χ0n) is 11.1. The Bertz CT molecular complexity index is 440. The third-order valence-corrected chi connectivity index (χ3v) is 5.19. The lowest BCUT2D eigenvalue weighted by Crippen LogP contribution is -2.46. The van der Waals surface area contributed by atoms with E-state index >= 15 is 0 Å². The maximum absolute atomic E-state index is 11.8. The van der Waals surface area contributed by atoms with Crippen LogP contribution in [0, 0.1) is 5.92 Å². The third kappa shape index (κ3) is 4.17. The van der Waals surface area contributed by atoms with Crippen molar-refractivity contribution in [2.24, 2.45) is 5.92 Å². The van der Waals surface area contributed by atoms with Gasteiger partial charge in [-0.15, -0.1) is 0 Å². The van der Waals surface area contributed by atoms with E-state index in [2.05, 4.69) is 5.32 Å². The highest BCUT2D eigenvalue weighted by Crippen LogP contribution is 2.20. The van der Waals surface area contributed by atoms with Crippen molar-refractivity contribution in [2.75, 3.05) is 18.8 Å². The van der Waals surface area contributed by atoms with Crippen LogP contribution in [-0.4, -0.2) is 54.6 Å². The molecule has 110 valence electrons. The molecule has 0 radical (unpaired) electrons. The number of aliphatic carboxylic acids is 1. The first-order chi connectivity index (χ1) is 8.77. The van der Waals surface area contributed by atoms with Crippen molar-refractivity contribution in [2.45, 2.75) is 32.7 Å². The molecule has 1 atom stereocenters. The Kier molecular flexibility index (Phi) is 5.30. The second-order valence-corrected chi connectivity index (χ2v) is 6.90. The smallest absolute Gasteiger partial charge is 0.325 e. The van der Waals surface area contributed by atoms with E-state index in [9.17, 15) is 18.0 Å². The summed E-state index contributed by atoms with van der Waals surface area (Å²) in [6.45, 7) is 3.62. The maximum atomic E-state index is 11.8. The van der Waals surface area contributed by atoms with Crippen LogP contribution in [0.2, 0.25) is 0 Å². The number of carbonyl (C=O) groups is 2. The SMILES string of the molecule is CCS(=O)(=O)N1CCC(C(=O)N[C@H](C)C(=O)O)CC1. The predicted molar refractivity (Wildman–Crippen MR) is 69.0 cm³/mol. The average molecular weight is 292 g/mol. The highest BCUT2D eigenvalue weighted by atomic mass is 32.2. The van der Waals surface area contributed by atoms with Crippen molar-refractivity contribution in [1.82, 2.24) is 9.62 Å².